The summed E-state index contributed by atoms with van der Waals surface area (Å²) >= 11 is 0. The van der Waals surface area contributed by atoms with Crippen molar-refractivity contribution in [3.05, 3.63) is 76.9 Å². The Kier molecular flexibility index (Phi) is 8.82. The first-order chi connectivity index (χ1) is 21.1. The Morgan fingerprint density at radius 1 is 0.956 bits per heavy atom. The number of Topliss-reactive ketones (excluding diaryl/α,β-unsaturated/α-hetero) is 1. The van der Waals surface area contributed by atoms with E-state index < -0.39 is 50.2 Å². The van der Waals surface area contributed by atoms with Gasteiger partial charge in [-0.3, -0.25) is 8.98 Å². The van der Waals surface area contributed by atoms with Crippen molar-refractivity contribution < 1.29 is 44.6 Å². The van der Waals surface area contributed by atoms with E-state index in [9.17, 15) is 26.7 Å². The molecule has 1 saturated carbocycles. The molecule has 3 aromatic carbocycles. The second kappa shape index (κ2) is 12.1. The van der Waals surface area contributed by atoms with Crippen LogP contribution in [-0.2, 0) is 24.4 Å². The summed E-state index contributed by atoms with van der Waals surface area (Å²) in [6.45, 7) is 8.40. The van der Waals surface area contributed by atoms with Gasteiger partial charge in [-0.1, -0.05) is 49.2 Å². The van der Waals surface area contributed by atoms with Gasteiger partial charge in [-0.2, -0.15) is 16.8 Å². The molecule has 1 aliphatic carbocycles. The second-order valence-electron chi connectivity index (χ2n) is 12.2. The monoisotopic (exact) mass is 658 g/mol. The predicted molar refractivity (Wildman–Crippen MR) is 166 cm³/mol. The molecule has 1 fully saturated rings. The van der Waals surface area contributed by atoms with Crippen molar-refractivity contribution in [2.75, 3.05) is 13.7 Å². The fraction of sp³-hybridized carbons (Fsp3) is 0.424. The summed E-state index contributed by atoms with van der Waals surface area (Å²) in [5, 5.41) is 12.0. The molecule has 45 heavy (non-hydrogen) atoms. The van der Waals surface area contributed by atoms with Gasteiger partial charge in [0.1, 0.15) is 33.7 Å². The van der Waals surface area contributed by atoms with E-state index in [0.29, 0.717) is 12.0 Å². The highest BCUT2D eigenvalue weighted by Gasteiger charge is 2.57. The first kappa shape index (κ1) is 32.9. The molecule has 0 bridgehead atoms. The van der Waals surface area contributed by atoms with Crippen LogP contribution in [0.5, 0.6) is 17.2 Å². The van der Waals surface area contributed by atoms with Crippen molar-refractivity contribution in [1.29, 1.82) is 0 Å². The van der Waals surface area contributed by atoms with Gasteiger partial charge in [0.25, 0.3) is 10.1 Å². The Morgan fingerprint density at radius 3 is 2.02 bits per heavy atom. The molecule has 0 saturated heterocycles. The third-order valence-electron chi connectivity index (χ3n) is 8.76. The third kappa shape index (κ3) is 6.20. The van der Waals surface area contributed by atoms with E-state index >= 15 is 0 Å². The number of carbonyl (C=O) groups is 1. The van der Waals surface area contributed by atoms with Gasteiger partial charge in [-0.25, -0.2) is 0 Å². The lowest BCUT2D eigenvalue weighted by Gasteiger charge is -2.45. The van der Waals surface area contributed by atoms with Crippen LogP contribution < -0.4 is 13.7 Å². The lowest BCUT2D eigenvalue weighted by atomic mass is 9.64. The molecule has 1 aliphatic heterocycles. The van der Waals surface area contributed by atoms with Gasteiger partial charge >= 0.3 is 10.1 Å². The molecule has 3 aromatic rings. The maximum Gasteiger partial charge on any atom is 0.339 e. The van der Waals surface area contributed by atoms with Crippen molar-refractivity contribution in [1.82, 2.24) is 0 Å². The Balaban J connectivity index is 1.57. The van der Waals surface area contributed by atoms with Gasteiger partial charge in [-0.05, 0) is 69.7 Å². The van der Waals surface area contributed by atoms with Gasteiger partial charge in [0.05, 0.1) is 18.6 Å². The average molecular weight is 659 g/mol. The number of aliphatic hydroxyl groups is 1. The van der Waals surface area contributed by atoms with E-state index in [-0.39, 0.29) is 50.9 Å². The minimum absolute atomic E-state index is 0.0401. The summed E-state index contributed by atoms with van der Waals surface area (Å²) in [7, 11) is -7.16. The maximum atomic E-state index is 13.3. The molecule has 0 radical (unpaired) electrons. The van der Waals surface area contributed by atoms with Crippen LogP contribution in [-0.4, -0.2) is 53.1 Å². The van der Waals surface area contributed by atoms with Gasteiger partial charge in [0.2, 0.25) is 0 Å². The average Bonchev–Trinajstić information content (AvgIpc) is 3.37. The van der Waals surface area contributed by atoms with E-state index in [1.54, 1.807) is 24.3 Å². The molecule has 0 amide bonds. The molecule has 0 aromatic heterocycles. The topological polar surface area (TPSA) is 142 Å². The zero-order valence-electron chi connectivity index (χ0n) is 26.1. The van der Waals surface area contributed by atoms with Gasteiger partial charge in [-0.15, -0.1) is 0 Å². The molecule has 1 N–H and O–H groups in total. The van der Waals surface area contributed by atoms with Crippen molar-refractivity contribution in [2.24, 2.45) is 11.8 Å². The summed E-state index contributed by atoms with van der Waals surface area (Å²) in [4.78, 5) is 13.0. The van der Waals surface area contributed by atoms with E-state index in [1.807, 2.05) is 27.7 Å². The zero-order valence-corrected chi connectivity index (χ0v) is 27.7. The molecule has 0 unspecified atom stereocenters. The summed E-state index contributed by atoms with van der Waals surface area (Å²) in [5.74, 6) is -1.01. The highest BCUT2D eigenvalue weighted by Crippen LogP contribution is 2.59. The molecule has 10 nitrogen and oxygen atoms in total. The van der Waals surface area contributed by atoms with Crippen molar-refractivity contribution in [2.45, 2.75) is 74.9 Å². The van der Waals surface area contributed by atoms with E-state index in [1.165, 1.54) is 44.4 Å². The van der Waals surface area contributed by atoms with Crippen LogP contribution in [0.3, 0.4) is 0 Å². The van der Waals surface area contributed by atoms with E-state index in [0.717, 1.165) is 11.1 Å². The molecule has 5 rings (SSSR count). The largest absolute Gasteiger partial charge is 0.496 e. The second-order valence-corrected chi connectivity index (χ2v) is 15.4. The summed E-state index contributed by atoms with van der Waals surface area (Å²) in [6.07, 6.45) is -0.361. The summed E-state index contributed by atoms with van der Waals surface area (Å²) in [5.41, 5.74) is 0.335. The molecule has 4 atom stereocenters. The highest BCUT2D eigenvalue weighted by atomic mass is 32.2. The van der Waals surface area contributed by atoms with Crippen LogP contribution in [0, 0.1) is 25.7 Å². The Labute approximate surface area is 264 Å². The third-order valence-corrected chi connectivity index (χ3v) is 11.3. The van der Waals surface area contributed by atoms with Crippen LogP contribution in [0.1, 0.15) is 66.6 Å². The quantitative estimate of drug-likeness (QED) is 0.224. The molecular formula is C33H38O10S2. The number of aryl methyl sites for hydroxylation is 2. The molecule has 242 valence electrons. The van der Waals surface area contributed by atoms with Crippen LogP contribution in [0.15, 0.2) is 64.4 Å². The standard InChI is InChI=1S/C33H38O10S2/c1-19(2)25-15-16-33(35,18-41-44(36,37)23-11-7-20(3)8-12-23)32-29(25)30-26(40-6)17-27(28(22(5)34)31(30)42-32)43-45(38,39)24-13-9-21(4)10-14-24/h7-14,17,19,25,29,32,35H,15-16,18H2,1-6H3/t25-,29+,32-,33+/m1/s1. The van der Waals surface area contributed by atoms with Gasteiger partial charge < -0.3 is 18.8 Å². The number of ether oxygens (including phenoxy) is 2. The Bertz CT molecular complexity index is 1810. The van der Waals surface area contributed by atoms with Crippen LogP contribution in [0.4, 0.5) is 0 Å². The first-order valence-corrected chi connectivity index (χ1v) is 17.5. The molecule has 0 spiro atoms. The first-order valence-electron chi connectivity index (χ1n) is 14.7. The SMILES string of the molecule is COc1cc(OS(=O)(=O)c2ccc(C)cc2)c(C(C)=O)c2c1[C@@H]1[C@@H](C(C)C)CC[C@](O)(COS(=O)(=O)c3ccc(C)cc3)[C@@H]1O2. The van der Waals surface area contributed by atoms with Gasteiger partial charge in [0, 0.05) is 17.5 Å². The Morgan fingerprint density at radius 2 is 1.51 bits per heavy atom. The normalized spacial score (nSPS) is 22.8. The predicted octanol–water partition coefficient (Wildman–Crippen LogP) is 5.33. The van der Waals surface area contributed by atoms with Crippen molar-refractivity contribution >= 4 is 26.0 Å². The molecule has 12 heteroatoms. The number of carbonyl (C=O) groups excluding carboxylic acids is 1. The number of hydrogen-bond donors (Lipinski definition) is 1. The molecule has 2 aliphatic rings. The van der Waals surface area contributed by atoms with Crippen LogP contribution in [0.25, 0.3) is 0 Å². The number of fused-ring (bicyclic) bond motifs is 3. The summed E-state index contributed by atoms with van der Waals surface area (Å²) in [6, 6.07) is 13.6. The zero-order chi connectivity index (χ0) is 32.9. The number of benzene rings is 3. The lowest BCUT2D eigenvalue weighted by Crippen LogP contribution is -2.55. The van der Waals surface area contributed by atoms with Gasteiger partial charge in [0.15, 0.2) is 11.5 Å². The van der Waals surface area contributed by atoms with Crippen LogP contribution >= 0.6 is 0 Å². The minimum Gasteiger partial charge on any atom is -0.496 e. The molecule has 1 heterocycles. The highest BCUT2D eigenvalue weighted by molar-refractivity contribution is 7.87. The summed E-state index contributed by atoms with van der Waals surface area (Å²) < 4.78 is 75.7. The van der Waals surface area contributed by atoms with E-state index in [4.69, 9.17) is 17.8 Å². The fourth-order valence-corrected chi connectivity index (χ4v) is 8.23. The van der Waals surface area contributed by atoms with Crippen LogP contribution in [0.2, 0.25) is 0 Å². The fourth-order valence-electron chi connectivity index (χ4n) is 6.33. The maximum absolute atomic E-state index is 13.3. The number of ketones is 1. The number of methoxy groups -OCH3 is 1. The number of hydrogen-bond acceptors (Lipinski definition) is 10. The Hall–Kier alpha value is -3.45. The smallest absolute Gasteiger partial charge is 0.339 e. The van der Waals surface area contributed by atoms with Crippen molar-refractivity contribution in [3.8, 4) is 17.2 Å². The lowest BCUT2D eigenvalue weighted by molar-refractivity contribution is -0.124. The number of rotatable bonds is 10. The minimum atomic E-state index is -4.35. The van der Waals surface area contributed by atoms with E-state index in [2.05, 4.69) is 0 Å². The molecular weight excluding hydrogens is 620 g/mol. The van der Waals surface area contributed by atoms with Crippen molar-refractivity contribution in [3.63, 3.8) is 0 Å².